The lowest BCUT2D eigenvalue weighted by molar-refractivity contribution is 0.0492. The van der Waals surface area contributed by atoms with Gasteiger partial charge in [-0.05, 0) is 71.1 Å². The third-order valence-corrected chi connectivity index (χ3v) is 4.48. The summed E-state index contributed by atoms with van der Waals surface area (Å²) < 4.78 is 5.31. The number of hydrogen-bond acceptors (Lipinski definition) is 3. The molecule has 0 saturated heterocycles. The van der Waals surface area contributed by atoms with E-state index < -0.39 is 5.60 Å². The molecule has 2 rings (SSSR count). The Morgan fingerprint density at radius 3 is 2.39 bits per heavy atom. The zero-order chi connectivity index (χ0) is 17.0. The van der Waals surface area contributed by atoms with Crippen molar-refractivity contribution < 1.29 is 9.53 Å². The van der Waals surface area contributed by atoms with E-state index in [0.717, 1.165) is 42.0 Å². The smallest absolute Gasteiger partial charge is 0.407 e. The molecule has 1 saturated carbocycles. The quantitative estimate of drug-likeness (QED) is 0.824. The number of anilines is 1. The van der Waals surface area contributed by atoms with E-state index in [2.05, 4.69) is 16.7 Å². The van der Waals surface area contributed by atoms with E-state index in [1.807, 2.05) is 39.8 Å². The Balaban J connectivity index is 1.80. The van der Waals surface area contributed by atoms with E-state index in [0.29, 0.717) is 6.04 Å². The molecule has 5 heteroatoms. The zero-order valence-corrected chi connectivity index (χ0v) is 15.2. The molecule has 0 spiro atoms. The number of hydrogen-bond donors (Lipinski definition) is 2. The van der Waals surface area contributed by atoms with Gasteiger partial charge in [0.25, 0.3) is 0 Å². The number of carbonyl (C=O) groups is 1. The summed E-state index contributed by atoms with van der Waals surface area (Å²) in [5, 5.41) is 7.33. The van der Waals surface area contributed by atoms with Gasteiger partial charge < -0.3 is 15.4 Å². The molecule has 0 atom stereocenters. The number of alkyl carbamates (subject to hydrolysis) is 1. The van der Waals surface area contributed by atoms with Crippen molar-refractivity contribution in [3.05, 3.63) is 28.8 Å². The predicted octanol–water partition coefficient (Wildman–Crippen LogP) is 4.90. The van der Waals surface area contributed by atoms with E-state index >= 15 is 0 Å². The van der Waals surface area contributed by atoms with Crippen molar-refractivity contribution in [3.63, 3.8) is 0 Å². The van der Waals surface area contributed by atoms with Crippen LogP contribution in [0.5, 0.6) is 0 Å². The Morgan fingerprint density at radius 1 is 1.17 bits per heavy atom. The summed E-state index contributed by atoms with van der Waals surface area (Å²) in [4.78, 5) is 11.8. The lowest BCUT2D eigenvalue weighted by atomic mass is 9.91. The first-order valence-corrected chi connectivity index (χ1v) is 8.63. The van der Waals surface area contributed by atoms with Gasteiger partial charge in [0.2, 0.25) is 0 Å². The Hall–Kier alpha value is -1.42. The molecule has 4 nitrogen and oxygen atoms in total. The van der Waals surface area contributed by atoms with E-state index in [4.69, 9.17) is 16.3 Å². The van der Waals surface area contributed by atoms with Crippen LogP contribution in [-0.2, 0) is 4.74 Å². The Bertz CT molecular complexity index is 546. The van der Waals surface area contributed by atoms with Crippen LogP contribution in [-0.4, -0.2) is 23.8 Å². The van der Waals surface area contributed by atoms with Gasteiger partial charge >= 0.3 is 6.09 Å². The average Bonchev–Trinajstić information content (AvgIpc) is 2.44. The van der Waals surface area contributed by atoms with Crippen LogP contribution in [0, 0.1) is 6.92 Å². The summed E-state index contributed by atoms with van der Waals surface area (Å²) in [5.41, 5.74) is 1.73. The fraction of sp³-hybridized carbons (Fsp3) is 0.611. The monoisotopic (exact) mass is 338 g/mol. The second kappa shape index (κ2) is 7.43. The summed E-state index contributed by atoms with van der Waals surface area (Å²) in [6.45, 7) is 7.66. The lowest BCUT2D eigenvalue weighted by Gasteiger charge is -2.31. The van der Waals surface area contributed by atoms with Gasteiger partial charge in [0.15, 0.2) is 0 Å². The SMILES string of the molecule is Cc1c(Cl)cccc1NC1CCC(NC(=O)OC(C)(C)C)CC1. The van der Waals surface area contributed by atoms with Crippen LogP contribution in [0.3, 0.4) is 0 Å². The first-order valence-electron chi connectivity index (χ1n) is 8.26. The van der Waals surface area contributed by atoms with E-state index in [1.54, 1.807) is 0 Å². The first kappa shape index (κ1) is 17.9. The van der Waals surface area contributed by atoms with Gasteiger partial charge in [0, 0.05) is 22.8 Å². The number of ether oxygens (including phenoxy) is 1. The van der Waals surface area contributed by atoms with Crippen LogP contribution in [0.1, 0.15) is 52.0 Å². The van der Waals surface area contributed by atoms with Crippen molar-refractivity contribution >= 4 is 23.4 Å². The maximum atomic E-state index is 11.8. The van der Waals surface area contributed by atoms with Crippen LogP contribution in [0.4, 0.5) is 10.5 Å². The molecule has 23 heavy (non-hydrogen) atoms. The van der Waals surface area contributed by atoms with Gasteiger partial charge in [-0.3, -0.25) is 0 Å². The molecule has 2 N–H and O–H groups in total. The van der Waals surface area contributed by atoms with Gasteiger partial charge in [-0.1, -0.05) is 17.7 Å². The standard InChI is InChI=1S/C18H27ClN2O2/c1-12-15(19)6-5-7-16(12)20-13-8-10-14(11-9-13)21-17(22)23-18(2,3)4/h5-7,13-14,20H,8-11H2,1-4H3,(H,21,22). The second-order valence-electron chi connectivity index (χ2n) is 7.25. The van der Waals surface area contributed by atoms with E-state index in [1.165, 1.54) is 0 Å². The minimum atomic E-state index is -0.451. The minimum Gasteiger partial charge on any atom is -0.444 e. The van der Waals surface area contributed by atoms with Crippen LogP contribution in [0.2, 0.25) is 5.02 Å². The maximum Gasteiger partial charge on any atom is 0.407 e. The molecule has 1 amide bonds. The van der Waals surface area contributed by atoms with Gasteiger partial charge in [0.1, 0.15) is 5.60 Å². The molecule has 0 unspecified atom stereocenters. The first-order chi connectivity index (χ1) is 10.7. The highest BCUT2D eigenvalue weighted by Crippen LogP contribution is 2.27. The Labute approximate surface area is 143 Å². The van der Waals surface area contributed by atoms with Gasteiger partial charge in [0.05, 0.1) is 0 Å². The van der Waals surface area contributed by atoms with Crippen LogP contribution >= 0.6 is 11.6 Å². The van der Waals surface area contributed by atoms with Crippen LogP contribution in [0.25, 0.3) is 0 Å². The van der Waals surface area contributed by atoms with E-state index in [9.17, 15) is 4.79 Å². The lowest BCUT2D eigenvalue weighted by Crippen LogP contribution is -2.42. The second-order valence-corrected chi connectivity index (χ2v) is 7.66. The van der Waals surface area contributed by atoms with Crippen molar-refractivity contribution in [2.75, 3.05) is 5.32 Å². The molecular formula is C18H27ClN2O2. The van der Waals surface area contributed by atoms with Crippen molar-refractivity contribution in [3.8, 4) is 0 Å². The van der Waals surface area contributed by atoms with Gasteiger partial charge in [-0.2, -0.15) is 0 Å². The highest BCUT2D eigenvalue weighted by Gasteiger charge is 2.24. The molecule has 0 aromatic heterocycles. The fourth-order valence-corrected chi connectivity index (χ4v) is 3.01. The van der Waals surface area contributed by atoms with Gasteiger partial charge in [-0.15, -0.1) is 0 Å². The number of rotatable bonds is 3. The molecule has 128 valence electrons. The predicted molar refractivity (Wildman–Crippen MR) is 95.2 cm³/mol. The summed E-state index contributed by atoms with van der Waals surface area (Å²) >= 11 is 6.16. The van der Waals surface area contributed by atoms with Crippen LogP contribution < -0.4 is 10.6 Å². The number of nitrogens with one attached hydrogen (secondary N) is 2. The summed E-state index contributed by atoms with van der Waals surface area (Å²) in [5.74, 6) is 0. The van der Waals surface area contributed by atoms with Crippen molar-refractivity contribution in [1.29, 1.82) is 0 Å². The van der Waals surface area contributed by atoms with Gasteiger partial charge in [-0.25, -0.2) is 4.79 Å². The fourth-order valence-electron chi connectivity index (χ4n) is 2.84. The molecule has 0 heterocycles. The summed E-state index contributed by atoms with van der Waals surface area (Å²) in [6, 6.07) is 6.55. The molecule has 1 fully saturated rings. The van der Waals surface area contributed by atoms with E-state index in [-0.39, 0.29) is 12.1 Å². The molecule has 0 radical (unpaired) electrons. The number of halogens is 1. The molecule has 1 aliphatic rings. The van der Waals surface area contributed by atoms with Crippen molar-refractivity contribution in [1.82, 2.24) is 5.32 Å². The Kier molecular flexibility index (Phi) is 5.79. The molecular weight excluding hydrogens is 312 g/mol. The molecule has 1 aromatic rings. The summed E-state index contributed by atoms with van der Waals surface area (Å²) in [7, 11) is 0. The zero-order valence-electron chi connectivity index (χ0n) is 14.4. The highest BCUT2D eigenvalue weighted by molar-refractivity contribution is 6.31. The van der Waals surface area contributed by atoms with Crippen molar-refractivity contribution in [2.24, 2.45) is 0 Å². The maximum absolute atomic E-state index is 11.8. The number of carbonyl (C=O) groups excluding carboxylic acids is 1. The normalized spacial score (nSPS) is 21.6. The molecule has 0 aliphatic heterocycles. The molecule has 1 aliphatic carbocycles. The third kappa shape index (κ3) is 5.61. The minimum absolute atomic E-state index is 0.198. The summed E-state index contributed by atoms with van der Waals surface area (Å²) in [6.07, 6.45) is 3.63. The van der Waals surface area contributed by atoms with Crippen molar-refractivity contribution in [2.45, 2.75) is 71.1 Å². The highest BCUT2D eigenvalue weighted by atomic mass is 35.5. The number of benzene rings is 1. The topological polar surface area (TPSA) is 50.4 Å². The average molecular weight is 339 g/mol. The largest absolute Gasteiger partial charge is 0.444 e. The molecule has 0 bridgehead atoms. The molecule has 1 aromatic carbocycles. The third-order valence-electron chi connectivity index (χ3n) is 4.08. The number of amides is 1. The van der Waals surface area contributed by atoms with Crippen LogP contribution in [0.15, 0.2) is 18.2 Å². The Morgan fingerprint density at radius 2 is 1.78 bits per heavy atom.